The highest BCUT2D eigenvalue weighted by molar-refractivity contribution is 6.03. The van der Waals surface area contributed by atoms with Gasteiger partial charge in [0.2, 0.25) is 5.91 Å². The van der Waals surface area contributed by atoms with Gasteiger partial charge < -0.3 is 9.80 Å². The second kappa shape index (κ2) is 6.11. The first-order valence-electron chi connectivity index (χ1n) is 8.49. The van der Waals surface area contributed by atoms with Crippen molar-refractivity contribution in [1.29, 1.82) is 0 Å². The van der Waals surface area contributed by atoms with Crippen molar-refractivity contribution in [3.63, 3.8) is 0 Å². The highest BCUT2D eigenvalue weighted by Gasteiger charge is 2.29. The van der Waals surface area contributed by atoms with Crippen molar-refractivity contribution in [2.45, 2.75) is 25.8 Å². The summed E-state index contributed by atoms with van der Waals surface area (Å²) in [5, 5.41) is 0. The maximum absolute atomic E-state index is 12.5. The van der Waals surface area contributed by atoms with E-state index in [1.54, 1.807) is 0 Å². The molecular weight excluding hydrogens is 300 g/mol. The Balaban J connectivity index is 1.58. The standard InChI is InChI=1S/C20H20N2O2/c23-19-13-17-12-16(20(24)21-10-4-5-11-21)8-9-18(17)22(19)14-15-6-2-1-3-7-15/h1-3,6-9,12H,4-5,10-11,13-14H2. The van der Waals surface area contributed by atoms with Gasteiger partial charge >= 0.3 is 0 Å². The topological polar surface area (TPSA) is 40.6 Å². The number of anilines is 1. The van der Waals surface area contributed by atoms with E-state index in [0.717, 1.165) is 42.7 Å². The first-order valence-corrected chi connectivity index (χ1v) is 8.49. The van der Waals surface area contributed by atoms with Crippen molar-refractivity contribution < 1.29 is 9.59 Å². The van der Waals surface area contributed by atoms with E-state index < -0.39 is 0 Å². The predicted molar refractivity (Wildman–Crippen MR) is 92.9 cm³/mol. The van der Waals surface area contributed by atoms with E-state index in [0.29, 0.717) is 18.5 Å². The van der Waals surface area contributed by atoms with E-state index in [4.69, 9.17) is 0 Å². The summed E-state index contributed by atoms with van der Waals surface area (Å²) >= 11 is 0. The lowest BCUT2D eigenvalue weighted by molar-refractivity contribution is -0.117. The van der Waals surface area contributed by atoms with Crippen LogP contribution in [-0.2, 0) is 17.8 Å². The molecule has 0 saturated carbocycles. The zero-order valence-corrected chi connectivity index (χ0v) is 13.6. The molecule has 2 aliphatic heterocycles. The van der Waals surface area contributed by atoms with Crippen LogP contribution in [0.3, 0.4) is 0 Å². The number of hydrogen-bond acceptors (Lipinski definition) is 2. The average molecular weight is 320 g/mol. The number of carbonyl (C=O) groups excluding carboxylic acids is 2. The van der Waals surface area contributed by atoms with Gasteiger partial charge in [-0.3, -0.25) is 9.59 Å². The maximum atomic E-state index is 12.5. The van der Waals surface area contributed by atoms with Crippen LogP contribution in [0.4, 0.5) is 5.69 Å². The van der Waals surface area contributed by atoms with Crippen molar-refractivity contribution >= 4 is 17.5 Å². The lowest BCUT2D eigenvalue weighted by atomic mass is 10.1. The van der Waals surface area contributed by atoms with Gasteiger partial charge in [0.05, 0.1) is 13.0 Å². The van der Waals surface area contributed by atoms with Crippen LogP contribution in [0.15, 0.2) is 48.5 Å². The first-order chi connectivity index (χ1) is 11.7. The molecule has 0 aromatic heterocycles. The molecule has 2 aliphatic rings. The molecule has 2 aromatic rings. The maximum Gasteiger partial charge on any atom is 0.253 e. The third-order valence-electron chi connectivity index (χ3n) is 4.84. The molecule has 1 saturated heterocycles. The normalized spacial score (nSPS) is 16.6. The molecule has 24 heavy (non-hydrogen) atoms. The van der Waals surface area contributed by atoms with E-state index >= 15 is 0 Å². The fourth-order valence-corrected chi connectivity index (χ4v) is 3.56. The van der Waals surface area contributed by atoms with Gasteiger partial charge in [-0.2, -0.15) is 0 Å². The van der Waals surface area contributed by atoms with Crippen LogP contribution in [0.25, 0.3) is 0 Å². The van der Waals surface area contributed by atoms with E-state index in [1.165, 1.54) is 0 Å². The number of rotatable bonds is 3. The highest BCUT2D eigenvalue weighted by atomic mass is 16.2. The van der Waals surface area contributed by atoms with Gasteiger partial charge in [-0.1, -0.05) is 30.3 Å². The molecule has 4 rings (SSSR count). The van der Waals surface area contributed by atoms with Crippen LogP contribution in [0.1, 0.15) is 34.3 Å². The summed E-state index contributed by atoms with van der Waals surface area (Å²) in [5.41, 5.74) is 3.70. The number of hydrogen-bond donors (Lipinski definition) is 0. The molecule has 0 radical (unpaired) electrons. The third kappa shape index (κ3) is 2.68. The van der Waals surface area contributed by atoms with Gasteiger partial charge in [0.25, 0.3) is 5.91 Å². The summed E-state index contributed by atoms with van der Waals surface area (Å²) in [6.07, 6.45) is 2.54. The van der Waals surface area contributed by atoms with Crippen molar-refractivity contribution in [2.75, 3.05) is 18.0 Å². The average Bonchev–Trinajstić information content (AvgIpc) is 3.24. The summed E-state index contributed by atoms with van der Waals surface area (Å²) in [5.74, 6) is 0.184. The summed E-state index contributed by atoms with van der Waals surface area (Å²) < 4.78 is 0. The minimum absolute atomic E-state index is 0.0873. The molecule has 2 heterocycles. The summed E-state index contributed by atoms with van der Waals surface area (Å²) in [4.78, 5) is 28.6. The SMILES string of the molecule is O=C(c1ccc2c(c1)CC(=O)N2Cc1ccccc1)N1CCCC1. The van der Waals surface area contributed by atoms with Crippen LogP contribution >= 0.6 is 0 Å². The van der Waals surface area contributed by atoms with Gasteiger partial charge in [0.15, 0.2) is 0 Å². The molecule has 1 fully saturated rings. The monoisotopic (exact) mass is 320 g/mol. The smallest absolute Gasteiger partial charge is 0.253 e. The van der Waals surface area contributed by atoms with Crippen LogP contribution in [-0.4, -0.2) is 29.8 Å². The minimum Gasteiger partial charge on any atom is -0.339 e. The van der Waals surface area contributed by atoms with E-state index in [9.17, 15) is 9.59 Å². The zero-order valence-electron chi connectivity index (χ0n) is 13.6. The molecule has 0 atom stereocenters. The molecule has 0 spiro atoms. The van der Waals surface area contributed by atoms with Gasteiger partial charge in [0.1, 0.15) is 0 Å². The number of likely N-dealkylation sites (tertiary alicyclic amines) is 1. The Morgan fingerprint density at radius 2 is 1.75 bits per heavy atom. The number of amides is 2. The molecule has 0 bridgehead atoms. The van der Waals surface area contributed by atoms with Crippen LogP contribution in [0.5, 0.6) is 0 Å². The van der Waals surface area contributed by atoms with E-state index in [2.05, 4.69) is 0 Å². The molecule has 0 aliphatic carbocycles. The number of nitrogens with zero attached hydrogens (tertiary/aromatic N) is 2. The molecule has 0 unspecified atom stereocenters. The minimum atomic E-state index is 0.0873. The molecule has 4 nitrogen and oxygen atoms in total. The first kappa shape index (κ1) is 14.9. The molecule has 2 amide bonds. The third-order valence-corrected chi connectivity index (χ3v) is 4.84. The summed E-state index contributed by atoms with van der Waals surface area (Å²) in [6.45, 7) is 2.26. The predicted octanol–water partition coefficient (Wildman–Crippen LogP) is 3.01. The van der Waals surface area contributed by atoms with Crippen molar-refractivity contribution in [3.8, 4) is 0 Å². The van der Waals surface area contributed by atoms with E-state index in [-0.39, 0.29) is 11.8 Å². The second-order valence-corrected chi connectivity index (χ2v) is 6.49. The summed E-state index contributed by atoms with van der Waals surface area (Å²) in [6, 6.07) is 15.7. The molecule has 0 N–H and O–H groups in total. The van der Waals surface area contributed by atoms with Gasteiger partial charge in [-0.05, 0) is 42.2 Å². The Morgan fingerprint density at radius 1 is 1.00 bits per heavy atom. The van der Waals surface area contributed by atoms with Gasteiger partial charge in [-0.25, -0.2) is 0 Å². The van der Waals surface area contributed by atoms with Crippen LogP contribution < -0.4 is 4.90 Å². The van der Waals surface area contributed by atoms with Crippen LogP contribution in [0.2, 0.25) is 0 Å². The quantitative estimate of drug-likeness (QED) is 0.872. The molecule has 122 valence electrons. The van der Waals surface area contributed by atoms with E-state index in [1.807, 2.05) is 58.3 Å². The fraction of sp³-hybridized carbons (Fsp3) is 0.300. The Kier molecular flexibility index (Phi) is 3.81. The Hall–Kier alpha value is -2.62. The van der Waals surface area contributed by atoms with Crippen molar-refractivity contribution in [3.05, 3.63) is 65.2 Å². The Labute approximate surface area is 141 Å². The van der Waals surface area contributed by atoms with Gasteiger partial charge in [-0.15, -0.1) is 0 Å². The Morgan fingerprint density at radius 3 is 2.50 bits per heavy atom. The largest absolute Gasteiger partial charge is 0.339 e. The lowest BCUT2D eigenvalue weighted by Gasteiger charge is -2.19. The molecular formula is C20H20N2O2. The number of benzene rings is 2. The fourth-order valence-electron chi connectivity index (χ4n) is 3.56. The van der Waals surface area contributed by atoms with Crippen molar-refractivity contribution in [1.82, 2.24) is 4.90 Å². The number of carbonyl (C=O) groups is 2. The highest BCUT2D eigenvalue weighted by Crippen LogP contribution is 2.31. The Bertz CT molecular complexity index is 779. The molecule has 2 aromatic carbocycles. The lowest BCUT2D eigenvalue weighted by Crippen LogP contribution is -2.27. The van der Waals surface area contributed by atoms with Crippen LogP contribution in [0, 0.1) is 0 Å². The number of fused-ring (bicyclic) bond motifs is 1. The molecule has 4 heteroatoms. The van der Waals surface area contributed by atoms with Crippen molar-refractivity contribution in [2.24, 2.45) is 0 Å². The zero-order chi connectivity index (χ0) is 16.5. The second-order valence-electron chi connectivity index (χ2n) is 6.49. The van der Waals surface area contributed by atoms with Gasteiger partial charge in [0, 0.05) is 24.3 Å². The summed E-state index contributed by atoms with van der Waals surface area (Å²) in [7, 11) is 0.